The second-order valence-corrected chi connectivity index (χ2v) is 29.4. The van der Waals surface area contributed by atoms with Gasteiger partial charge in [-0.25, -0.2) is 4.57 Å². The summed E-state index contributed by atoms with van der Waals surface area (Å²) in [5, 5.41) is 0. The van der Waals surface area contributed by atoms with E-state index in [1.54, 1.807) is 0 Å². The van der Waals surface area contributed by atoms with E-state index in [0.717, 1.165) is 96.3 Å². The molecule has 0 bridgehead atoms. The van der Waals surface area contributed by atoms with Gasteiger partial charge in [-0.1, -0.05) is 419 Å². The molecule has 0 heterocycles. The number of phosphoric acid groups is 1. The molecule has 0 saturated heterocycles. The van der Waals surface area contributed by atoms with Gasteiger partial charge in [0, 0.05) is 19.4 Å². The zero-order chi connectivity index (χ0) is 70.0. The largest absolute Gasteiger partial charge is 0.472 e. The fourth-order valence-corrected chi connectivity index (χ4v) is 13.1. The van der Waals surface area contributed by atoms with Crippen LogP contribution in [0, 0.1) is 0 Å². The molecule has 0 aliphatic carbocycles. The van der Waals surface area contributed by atoms with E-state index in [9.17, 15) is 19.0 Å². The van der Waals surface area contributed by atoms with E-state index >= 15 is 0 Å². The topological polar surface area (TPSA) is 134 Å². The van der Waals surface area contributed by atoms with Crippen LogP contribution in [0.15, 0.2) is 97.2 Å². The van der Waals surface area contributed by atoms with Crippen LogP contribution in [-0.4, -0.2) is 49.3 Å². The first-order valence-corrected chi connectivity index (χ1v) is 43.2. The highest BCUT2D eigenvalue weighted by Crippen LogP contribution is 2.43. The van der Waals surface area contributed by atoms with E-state index in [0.29, 0.717) is 6.42 Å². The van der Waals surface area contributed by atoms with Crippen LogP contribution in [0.1, 0.15) is 412 Å². The third kappa shape index (κ3) is 81.8. The van der Waals surface area contributed by atoms with Gasteiger partial charge in [-0.15, -0.1) is 0 Å². The molecule has 0 aromatic heterocycles. The lowest BCUT2D eigenvalue weighted by molar-refractivity contribution is -0.161. The van der Waals surface area contributed by atoms with Gasteiger partial charge in [0.05, 0.1) is 13.2 Å². The van der Waals surface area contributed by atoms with Gasteiger partial charge in [-0.05, 0) is 77.0 Å². The maximum absolute atomic E-state index is 12.8. The quantitative estimate of drug-likeness (QED) is 0.0264. The lowest BCUT2D eigenvalue weighted by Gasteiger charge is -2.19. The van der Waals surface area contributed by atoms with E-state index in [4.69, 9.17) is 24.3 Å². The van der Waals surface area contributed by atoms with Crippen molar-refractivity contribution in [3.63, 3.8) is 0 Å². The third-order valence-electron chi connectivity index (χ3n) is 18.5. The molecule has 0 saturated carbocycles. The number of nitrogens with two attached hydrogens (primary N) is 1. The molecule has 0 amide bonds. The van der Waals surface area contributed by atoms with E-state index < -0.39 is 26.5 Å². The van der Waals surface area contributed by atoms with Crippen molar-refractivity contribution >= 4 is 19.8 Å². The van der Waals surface area contributed by atoms with E-state index in [-0.39, 0.29) is 38.6 Å². The Labute approximate surface area is 601 Å². The summed E-state index contributed by atoms with van der Waals surface area (Å²) in [6.07, 6.45) is 113. The van der Waals surface area contributed by atoms with Gasteiger partial charge >= 0.3 is 19.8 Å². The Morgan fingerprint density at radius 1 is 0.320 bits per heavy atom. The molecule has 10 heteroatoms. The van der Waals surface area contributed by atoms with E-state index in [2.05, 4.69) is 111 Å². The van der Waals surface area contributed by atoms with Gasteiger partial charge in [0.1, 0.15) is 6.61 Å². The van der Waals surface area contributed by atoms with Gasteiger partial charge in [-0.2, -0.15) is 0 Å². The SMILES string of the molecule is CC/C=C\C/C=C\C/C=C\C/C=C\C/C=C\C/C=C\C/C=C\C/C=C\CCCCCCCCCCCCC(=O)OC(COC(=O)CCCCCCCCCCCCCCCCCCCCCCCCCCCCCCCCCCCCCCCCCCC)COP(=O)(O)OCCN. The maximum Gasteiger partial charge on any atom is 0.472 e. The van der Waals surface area contributed by atoms with Gasteiger partial charge in [0.25, 0.3) is 0 Å². The van der Waals surface area contributed by atoms with E-state index in [1.807, 2.05) is 0 Å². The summed E-state index contributed by atoms with van der Waals surface area (Å²) in [5.74, 6) is -0.819. The third-order valence-corrected chi connectivity index (χ3v) is 19.5. The van der Waals surface area contributed by atoms with Crippen LogP contribution in [0.3, 0.4) is 0 Å². The van der Waals surface area contributed by atoms with Gasteiger partial charge in [-0.3, -0.25) is 18.6 Å². The number of carbonyl (C=O) groups excluding carboxylic acids is 2. The molecule has 97 heavy (non-hydrogen) atoms. The minimum absolute atomic E-state index is 0.0506. The molecule has 0 aromatic rings. The number of hydrogen-bond donors (Lipinski definition) is 2. The summed E-state index contributed by atoms with van der Waals surface area (Å²) in [6.45, 7) is 3.68. The lowest BCUT2D eigenvalue weighted by Crippen LogP contribution is -2.29. The maximum atomic E-state index is 12.8. The predicted octanol–water partition coefficient (Wildman–Crippen LogP) is 28.2. The van der Waals surface area contributed by atoms with Gasteiger partial charge in [0.15, 0.2) is 6.10 Å². The van der Waals surface area contributed by atoms with Crippen molar-refractivity contribution in [1.82, 2.24) is 0 Å². The van der Waals surface area contributed by atoms with Crippen LogP contribution >= 0.6 is 7.82 Å². The minimum Gasteiger partial charge on any atom is -0.462 e. The summed E-state index contributed by atoms with van der Waals surface area (Å²) in [6, 6.07) is 0. The molecule has 564 valence electrons. The molecule has 0 spiro atoms. The minimum atomic E-state index is -4.40. The summed E-state index contributed by atoms with van der Waals surface area (Å²) < 4.78 is 33.3. The van der Waals surface area contributed by atoms with Crippen molar-refractivity contribution in [2.24, 2.45) is 5.73 Å². The van der Waals surface area contributed by atoms with Crippen molar-refractivity contribution in [1.29, 1.82) is 0 Å². The molecular formula is C87H158NO8P. The lowest BCUT2D eigenvalue weighted by atomic mass is 10.0. The Kier molecular flexibility index (Phi) is 79.3. The summed E-state index contributed by atoms with van der Waals surface area (Å²) >= 11 is 0. The first-order chi connectivity index (χ1) is 47.8. The fraction of sp³-hybridized carbons (Fsp3) is 0.793. The molecule has 0 aromatic carbocycles. The Morgan fingerprint density at radius 2 is 0.567 bits per heavy atom. The van der Waals surface area contributed by atoms with Crippen LogP contribution < -0.4 is 5.73 Å². The normalized spacial score (nSPS) is 13.3. The van der Waals surface area contributed by atoms with Crippen LogP contribution in [-0.2, 0) is 32.7 Å². The zero-order valence-corrected chi connectivity index (χ0v) is 64.7. The van der Waals surface area contributed by atoms with Crippen LogP contribution in [0.4, 0.5) is 0 Å². The van der Waals surface area contributed by atoms with Crippen LogP contribution in [0.25, 0.3) is 0 Å². The smallest absolute Gasteiger partial charge is 0.462 e. The first-order valence-electron chi connectivity index (χ1n) is 41.7. The number of esters is 2. The first kappa shape index (κ1) is 93.9. The van der Waals surface area contributed by atoms with E-state index in [1.165, 1.54) is 283 Å². The monoisotopic (exact) mass is 1380 g/mol. The number of allylic oxidation sites excluding steroid dienone is 16. The molecule has 0 radical (unpaired) electrons. The number of phosphoric ester groups is 1. The number of rotatable bonds is 79. The Bertz CT molecular complexity index is 1920. The van der Waals surface area contributed by atoms with Gasteiger partial charge in [0.2, 0.25) is 0 Å². The molecule has 0 fully saturated rings. The average Bonchev–Trinajstić information content (AvgIpc) is 2.69. The Morgan fingerprint density at radius 3 is 0.845 bits per heavy atom. The predicted molar refractivity (Wildman–Crippen MR) is 422 cm³/mol. The average molecular weight is 1380 g/mol. The fourth-order valence-electron chi connectivity index (χ4n) is 12.4. The Hall–Kier alpha value is -3.07. The van der Waals surface area contributed by atoms with Gasteiger partial charge < -0.3 is 20.1 Å². The van der Waals surface area contributed by atoms with Crippen molar-refractivity contribution in [3.8, 4) is 0 Å². The van der Waals surface area contributed by atoms with Crippen molar-refractivity contribution in [2.45, 2.75) is 418 Å². The van der Waals surface area contributed by atoms with Crippen LogP contribution in [0.2, 0.25) is 0 Å². The number of carbonyl (C=O) groups is 2. The molecular weight excluding hydrogens is 1220 g/mol. The Balaban J connectivity index is 3.78. The zero-order valence-electron chi connectivity index (χ0n) is 63.8. The number of unbranched alkanes of at least 4 members (excludes halogenated alkanes) is 50. The highest BCUT2D eigenvalue weighted by atomic mass is 31.2. The molecule has 0 rings (SSSR count). The van der Waals surface area contributed by atoms with Crippen molar-refractivity contribution in [3.05, 3.63) is 97.2 Å². The highest BCUT2D eigenvalue weighted by Gasteiger charge is 2.26. The molecule has 0 aliphatic heterocycles. The van der Waals surface area contributed by atoms with Crippen molar-refractivity contribution < 1.29 is 37.6 Å². The number of hydrogen-bond acceptors (Lipinski definition) is 8. The second kappa shape index (κ2) is 81.9. The van der Waals surface area contributed by atoms with Crippen molar-refractivity contribution in [2.75, 3.05) is 26.4 Å². The second-order valence-electron chi connectivity index (χ2n) is 28.0. The van der Waals surface area contributed by atoms with Crippen LogP contribution in [0.5, 0.6) is 0 Å². The molecule has 9 nitrogen and oxygen atoms in total. The summed E-state index contributed by atoms with van der Waals surface area (Å²) in [5.41, 5.74) is 5.42. The summed E-state index contributed by atoms with van der Waals surface area (Å²) in [4.78, 5) is 35.5. The molecule has 3 N–H and O–H groups in total. The molecule has 2 atom stereocenters. The summed E-state index contributed by atoms with van der Waals surface area (Å²) in [7, 11) is -4.40. The number of ether oxygens (including phenoxy) is 2. The molecule has 2 unspecified atom stereocenters. The standard InChI is InChI=1S/C87H158NO8P/c1-3-5-7-9-11-13-15-17-19-21-23-25-27-29-31-33-35-37-39-40-41-42-43-44-46-47-49-51-53-55-57-59-61-63-65-67-69-71-73-75-77-79-86(89)93-83-85(84-95-97(91,92)94-82-81-88)96-87(90)80-78-76-74-72-70-68-66-64-62-60-58-56-54-52-50-48-45-38-36-34-32-30-28-26-24-22-20-18-16-14-12-10-8-6-4-2/h6,8,12,14,18,20,24,26,30,32,36,38,48,50,54,56,85H,3-5,7,9-11,13,15-17,19,21-23,25,27-29,31,33-35,37,39-47,49,51-53,55,57-84,88H2,1-2H3,(H,91,92)/b8-6-,14-12-,20-18-,26-24-,32-30-,38-36-,50-48-,56-54-. The molecule has 0 aliphatic rings. The highest BCUT2D eigenvalue weighted by molar-refractivity contribution is 7.47.